The zero-order valence-corrected chi connectivity index (χ0v) is 11.7. The number of thiophene rings is 1. The van der Waals surface area contributed by atoms with Gasteiger partial charge < -0.3 is 20.1 Å². The number of anilines is 1. The van der Waals surface area contributed by atoms with Gasteiger partial charge in [0.15, 0.2) is 11.5 Å². The zero-order valence-electron chi connectivity index (χ0n) is 10.9. The van der Waals surface area contributed by atoms with Crippen LogP contribution in [0.1, 0.15) is 9.67 Å². The van der Waals surface area contributed by atoms with Crippen LogP contribution >= 0.6 is 11.3 Å². The molecule has 7 heteroatoms. The van der Waals surface area contributed by atoms with E-state index in [0.717, 1.165) is 0 Å². The Bertz CT molecular complexity index is 670. The summed E-state index contributed by atoms with van der Waals surface area (Å²) >= 11 is 1.33. The highest BCUT2D eigenvalue weighted by molar-refractivity contribution is 7.12. The van der Waals surface area contributed by atoms with Crippen LogP contribution in [-0.2, 0) is 4.79 Å². The number of carbonyl (C=O) groups excluding carboxylic acids is 2. The van der Waals surface area contributed by atoms with E-state index >= 15 is 0 Å². The van der Waals surface area contributed by atoms with Crippen LogP contribution in [0.15, 0.2) is 35.7 Å². The molecule has 1 aromatic carbocycles. The van der Waals surface area contributed by atoms with Gasteiger partial charge in [0.1, 0.15) is 0 Å². The Morgan fingerprint density at radius 1 is 1.19 bits per heavy atom. The lowest BCUT2D eigenvalue weighted by molar-refractivity contribution is -0.115. The smallest absolute Gasteiger partial charge is 0.261 e. The number of benzene rings is 1. The number of rotatable bonds is 4. The second kappa shape index (κ2) is 5.84. The van der Waals surface area contributed by atoms with Gasteiger partial charge in [0.2, 0.25) is 12.7 Å². The molecular formula is C14H12N2O4S. The Kier molecular flexibility index (Phi) is 3.74. The predicted molar refractivity (Wildman–Crippen MR) is 77.8 cm³/mol. The molecule has 6 nitrogen and oxygen atoms in total. The van der Waals surface area contributed by atoms with Gasteiger partial charge in [-0.2, -0.15) is 0 Å². The Hall–Kier alpha value is -2.54. The van der Waals surface area contributed by atoms with Gasteiger partial charge in [-0.25, -0.2) is 0 Å². The number of amides is 2. The van der Waals surface area contributed by atoms with Gasteiger partial charge in [-0.15, -0.1) is 11.3 Å². The van der Waals surface area contributed by atoms with Crippen LogP contribution in [0.3, 0.4) is 0 Å². The third-order valence-corrected chi connectivity index (χ3v) is 3.68. The minimum atomic E-state index is -0.307. The average molecular weight is 304 g/mol. The topological polar surface area (TPSA) is 76.7 Å². The highest BCUT2D eigenvalue weighted by Crippen LogP contribution is 2.34. The number of nitrogens with one attached hydrogen (secondary N) is 2. The van der Waals surface area contributed by atoms with Crippen molar-refractivity contribution in [1.82, 2.24) is 5.32 Å². The second-order valence-corrected chi connectivity index (χ2v) is 5.22. The van der Waals surface area contributed by atoms with Crippen molar-refractivity contribution in [1.29, 1.82) is 0 Å². The van der Waals surface area contributed by atoms with Crippen molar-refractivity contribution in [2.45, 2.75) is 0 Å². The van der Waals surface area contributed by atoms with Crippen LogP contribution in [0, 0.1) is 0 Å². The molecule has 1 aromatic heterocycles. The van der Waals surface area contributed by atoms with Gasteiger partial charge in [0.05, 0.1) is 11.4 Å². The van der Waals surface area contributed by atoms with Crippen molar-refractivity contribution in [3.63, 3.8) is 0 Å². The molecule has 0 fully saturated rings. The van der Waals surface area contributed by atoms with Gasteiger partial charge in [0.25, 0.3) is 5.91 Å². The molecule has 2 aromatic rings. The summed E-state index contributed by atoms with van der Waals surface area (Å²) in [7, 11) is 0. The first kappa shape index (κ1) is 13.4. The second-order valence-electron chi connectivity index (χ2n) is 4.28. The van der Waals surface area contributed by atoms with E-state index in [4.69, 9.17) is 9.47 Å². The van der Waals surface area contributed by atoms with Crippen molar-refractivity contribution in [3.05, 3.63) is 40.6 Å². The fraction of sp³-hybridized carbons (Fsp3) is 0.143. The average Bonchev–Trinajstić information content (AvgIpc) is 3.15. The Morgan fingerprint density at radius 3 is 2.86 bits per heavy atom. The summed E-state index contributed by atoms with van der Waals surface area (Å²) in [5.41, 5.74) is 0.592. The summed E-state index contributed by atoms with van der Waals surface area (Å²) in [6, 6.07) is 8.61. The van der Waals surface area contributed by atoms with E-state index in [2.05, 4.69) is 10.6 Å². The first-order valence-corrected chi connectivity index (χ1v) is 7.11. The van der Waals surface area contributed by atoms with Gasteiger partial charge >= 0.3 is 0 Å². The van der Waals surface area contributed by atoms with Crippen LogP contribution in [-0.4, -0.2) is 25.2 Å². The van der Waals surface area contributed by atoms with Gasteiger partial charge in [-0.1, -0.05) is 6.07 Å². The maximum atomic E-state index is 11.8. The maximum Gasteiger partial charge on any atom is 0.261 e. The van der Waals surface area contributed by atoms with Gasteiger partial charge in [-0.3, -0.25) is 9.59 Å². The van der Waals surface area contributed by atoms with Crippen LogP contribution in [0.25, 0.3) is 0 Å². The molecule has 2 amide bonds. The standard InChI is InChI=1S/C14H12N2O4S/c17-13(7-15-14(18)12-2-1-5-21-12)16-9-3-4-10-11(6-9)20-8-19-10/h1-6H,7-8H2,(H,15,18)(H,16,17). The molecule has 21 heavy (non-hydrogen) atoms. The Balaban J connectivity index is 1.53. The molecule has 3 rings (SSSR count). The van der Waals surface area contributed by atoms with E-state index in [1.54, 1.807) is 30.3 Å². The number of ether oxygens (including phenoxy) is 2. The Labute approximate surface area is 124 Å². The van der Waals surface area contributed by atoms with Crippen molar-refractivity contribution < 1.29 is 19.1 Å². The summed E-state index contributed by atoms with van der Waals surface area (Å²) in [4.78, 5) is 24.1. The number of fused-ring (bicyclic) bond motifs is 1. The lowest BCUT2D eigenvalue weighted by atomic mass is 10.3. The number of hydrogen-bond acceptors (Lipinski definition) is 5. The third-order valence-electron chi connectivity index (χ3n) is 2.81. The van der Waals surface area contributed by atoms with Crippen molar-refractivity contribution >= 4 is 28.8 Å². The molecule has 1 aliphatic heterocycles. The molecule has 2 N–H and O–H groups in total. The van der Waals surface area contributed by atoms with Crippen LogP contribution in [0.5, 0.6) is 11.5 Å². The maximum absolute atomic E-state index is 11.8. The van der Waals surface area contributed by atoms with E-state index in [-0.39, 0.29) is 25.2 Å². The Morgan fingerprint density at radius 2 is 2.05 bits per heavy atom. The summed E-state index contributed by atoms with van der Waals surface area (Å²) in [5, 5.41) is 7.05. The molecular weight excluding hydrogens is 292 g/mol. The fourth-order valence-corrected chi connectivity index (χ4v) is 2.47. The summed E-state index contributed by atoms with van der Waals surface area (Å²) in [6.07, 6.45) is 0. The quantitative estimate of drug-likeness (QED) is 0.903. The van der Waals surface area contributed by atoms with Crippen LogP contribution < -0.4 is 20.1 Å². The first-order chi connectivity index (χ1) is 10.2. The predicted octanol–water partition coefficient (Wildman–Crippen LogP) is 1.85. The molecule has 0 atom stereocenters. The molecule has 0 spiro atoms. The van der Waals surface area contributed by atoms with E-state index in [9.17, 15) is 9.59 Å². The zero-order chi connectivity index (χ0) is 14.7. The minimum absolute atomic E-state index is 0.0921. The molecule has 1 aliphatic rings. The monoisotopic (exact) mass is 304 g/mol. The highest BCUT2D eigenvalue weighted by atomic mass is 32.1. The molecule has 0 radical (unpaired) electrons. The SMILES string of the molecule is O=C(CNC(=O)c1cccs1)Nc1ccc2c(c1)OCO2. The largest absolute Gasteiger partial charge is 0.454 e. The molecule has 2 heterocycles. The molecule has 0 saturated carbocycles. The normalized spacial score (nSPS) is 12.0. The van der Waals surface area contributed by atoms with E-state index in [1.807, 2.05) is 5.38 Å². The lowest BCUT2D eigenvalue weighted by Gasteiger charge is -2.07. The van der Waals surface area contributed by atoms with Gasteiger partial charge in [0, 0.05) is 11.8 Å². The van der Waals surface area contributed by atoms with E-state index in [0.29, 0.717) is 22.1 Å². The molecule has 0 saturated heterocycles. The highest BCUT2D eigenvalue weighted by Gasteiger charge is 2.14. The number of carbonyl (C=O) groups is 2. The van der Waals surface area contributed by atoms with E-state index in [1.165, 1.54) is 11.3 Å². The van der Waals surface area contributed by atoms with Crippen molar-refractivity contribution in [2.75, 3.05) is 18.7 Å². The number of hydrogen-bond donors (Lipinski definition) is 2. The molecule has 0 aliphatic carbocycles. The minimum Gasteiger partial charge on any atom is -0.454 e. The summed E-state index contributed by atoms with van der Waals surface area (Å²) in [5.74, 6) is 0.680. The van der Waals surface area contributed by atoms with Crippen LogP contribution in [0.4, 0.5) is 5.69 Å². The molecule has 0 unspecified atom stereocenters. The molecule has 0 bridgehead atoms. The summed E-state index contributed by atoms with van der Waals surface area (Å²) in [6.45, 7) is 0.0920. The fourth-order valence-electron chi connectivity index (χ4n) is 1.83. The molecule has 108 valence electrons. The van der Waals surface area contributed by atoms with Crippen molar-refractivity contribution in [2.24, 2.45) is 0 Å². The first-order valence-electron chi connectivity index (χ1n) is 6.23. The van der Waals surface area contributed by atoms with E-state index < -0.39 is 0 Å². The summed E-state index contributed by atoms with van der Waals surface area (Å²) < 4.78 is 10.4. The third kappa shape index (κ3) is 3.14. The lowest BCUT2D eigenvalue weighted by Crippen LogP contribution is -2.32. The van der Waals surface area contributed by atoms with Crippen molar-refractivity contribution in [3.8, 4) is 11.5 Å². The van der Waals surface area contributed by atoms with Crippen LogP contribution in [0.2, 0.25) is 0 Å². The van der Waals surface area contributed by atoms with Gasteiger partial charge in [-0.05, 0) is 23.6 Å².